The monoisotopic (exact) mass is 454 g/mol. The number of benzene rings is 3. The minimum absolute atomic E-state index is 0.0783. The molecule has 0 fully saturated rings. The second-order valence-electron chi connectivity index (χ2n) is 6.58. The van der Waals surface area contributed by atoms with Gasteiger partial charge in [-0.3, -0.25) is 4.79 Å². The molecular weight excluding hydrogens is 432 g/mol. The number of carbonyl (C=O) groups is 1. The van der Waals surface area contributed by atoms with Crippen LogP contribution < -0.4 is 19.1 Å². The predicted molar refractivity (Wildman–Crippen MR) is 120 cm³/mol. The molecule has 0 aliphatic rings. The van der Waals surface area contributed by atoms with Crippen molar-refractivity contribution in [3.05, 3.63) is 83.9 Å². The fourth-order valence-electron chi connectivity index (χ4n) is 2.81. The van der Waals surface area contributed by atoms with Crippen molar-refractivity contribution in [2.24, 2.45) is 5.10 Å². The van der Waals surface area contributed by atoms with E-state index in [0.717, 1.165) is 5.56 Å². The first-order valence-electron chi connectivity index (χ1n) is 9.53. The van der Waals surface area contributed by atoms with Gasteiger partial charge in [-0.25, -0.2) is 5.43 Å². The molecule has 1 amide bonds. The van der Waals surface area contributed by atoms with Crippen LogP contribution in [0.15, 0.2) is 82.8 Å². The first kappa shape index (κ1) is 22.8. The quantitative estimate of drug-likeness (QED) is 0.303. The van der Waals surface area contributed by atoms with Crippen molar-refractivity contribution < 1.29 is 26.9 Å². The number of para-hydroxylation sites is 1. The largest absolute Gasteiger partial charge is 0.497 e. The highest BCUT2D eigenvalue weighted by Gasteiger charge is 2.21. The molecule has 0 spiro atoms. The van der Waals surface area contributed by atoms with Gasteiger partial charge in [-0.2, -0.15) is 13.5 Å². The van der Waals surface area contributed by atoms with Crippen LogP contribution in [0.2, 0.25) is 0 Å². The second-order valence-corrected chi connectivity index (χ2v) is 8.09. The molecule has 0 radical (unpaired) electrons. The Kier molecular flexibility index (Phi) is 7.45. The Morgan fingerprint density at radius 2 is 1.59 bits per heavy atom. The lowest BCUT2D eigenvalue weighted by Crippen LogP contribution is -2.20. The molecule has 0 aromatic heterocycles. The van der Waals surface area contributed by atoms with Gasteiger partial charge in [-0.15, -0.1) is 0 Å². The molecule has 8 nitrogen and oxygen atoms in total. The van der Waals surface area contributed by atoms with E-state index in [1.807, 2.05) is 0 Å². The van der Waals surface area contributed by atoms with Gasteiger partial charge >= 0.3 is 10.1 Å². The molecule has 0 aliphatic heterocycles. The van der Waals surface area contributed by atoms with E-state index in [1.165, 1.54) is 43.7 Å². The van der Waals surface area contributed by atoms with Crippen LogP contribution in [0, 0.1) is 0 Å². The topological polar surface area (TPSA) is 103 Å². The van der Waals surface area contributed by atoms with Crippen molar-refractivity contribution >= 4 is 22.2 Å². The number of hydrogen-bond acceptors (Lipinski definition) is 7. The van der Waals surface area contributed by atoms with E-state index in [-0.39, 0.29) is 28.5 Å². The standard InChI is InChI=1S/C23H22N2O6S/c1-29-20-10-6-7-17(13-20)14-23(26)25-24-16-18-15-21(30-2)11-12-22(18)32(27,28)31-19-8-4-3-5-9-19/h3-13,15-16H,14H2,1-2H3,(H,25,26). The van der Waals surface area contributed by atoms with Gasteiger partial charge in [0.2, 0.25) is 5.91 Å². The van der Waals surface area contributed by atoms with E-state index in [4.69, 9.17) is 13.7 Å². The fourth-order valence-corrected chi connectivity index (χ4v) is 3.90. The summed E-state index contributed by atoms with van der Waals surface area (Å²) in [6.07, 6.45) is 1.31. The molecule has 0 saturated heterocycles. The molecule has 3 aromatic rings. The number of hydrazone groups is 1. The van der Waals surface area contributed by atoms with E-state index >= 15 is 0 Å². The summed E-state index contributed by atoms with van der Waals surface area (Å²) in [4.78, 5) is 12.1. The van der Waals surface area contributed by atoms with Crippen LogP contribution in [-0.2, 0) is 21.3 Å². The molecule has 0 bridgehead atoms. The predicted octanol–water partition coefficient (Wildman–Crippen LogP) is 3.16. The number of ether oxygens (including phenoxy) is 2. The Balaban J connectivity index is 1.77. The van der Waals surface area contributed by atoms with Crippen molar-refractivity contribution in [3.63, 3.8) is 0 Å². The molecular formula is C23H22N2O6S. The number of methoxy groups -OCH3 is 2. The van der Waals surface area contributed by atoms with Gasteiger partial charge in [-0.1, -0.05) is 30.3 Å². The van der Waals surface area contributed by atoms with E-state index in [2.05, 4.69) is 10.5 Å². The SMILES string of the molecule is COc1cccc(CC(=O)NN=Cc2cc(OC)ccc2S(=O)(=O)Oc2ccccc2)c1. The summed E-state index contributed by atoms with van der Waals surface area (Å²) < 4.78 is 41.1. The van der Waals surface area contributed by atoms with E-state index < -0.39 is 10.1 Å². The lowest BCUT2D eigenvalue weighted by Gasteiger charge is -2.10. The first-order valence-corrected chi connectivity index (χ1v) is 10.9. The van der Waals surface area contributed by atoms with Crippen LogP contribution in [0.1, 0.15) is 11.1 Å². The van der Waals surface area contributed by atoms with Gasteiger partial charge in [0.15, 0.2) is 0 Å². The van der Waals surface area contributed by atoms with Crippen LogP contribution in [0.5, 0.6) is 17.2 Å². The Morgan fingerprint density at radius 3 is 2.31 bits per heavy atom. The lowest BCUT2D eigenvalue weighted by atomic mass is 10.1. The molecule has 3 rings (SSSR count). The van der Waals surface area contributed by atoms with Crippen molar-refractivity contribution in [2.75, 3.05) is 14.2 Å². The average molecular weight is 455 g/mol. The van der Waals surface area contributed by atoms with Crippen LogP contribution in [0.25, 0.3) is 0 Å². The third-order valence-corrected chi connectivity index (χ3v) is 5.65. The summed E-state index contributed by atoms with van der Waals surface area (Å²) in [5.41, 5.74) is 3.34. The summed E-state index contributed by atoms with van der Waals surface area (Å²) >= 11 is 0. The number of nitrogens with zero attached hydrogens (tertiary/aromatic N) is 1. The summed E-state index contributed by atoms with van der Waals surface area (Å²) in [7, 11) is -1.14. The molecule has 0 unspecified atom stereocenters. The highest BCUT2D eigenvalue weighted by atomic mass is 32.2. The lowest BCUT2D eigenvalue weighted by molar-refractivity contribution is -0.120. The van der Waals surface area contributed by atoms with Gasteiger partial charge in [0.1, 0.15) is 22.1 Å². The zero-order chi connectivity index (χ0) is 23.0. The average Bonchev–Trinajstić information content (AvgIpc) is 2.79. The maximum Gasteiger partial charge on any atom is 0.339 e. The number of rotatable bonds is 9. The summed E-state index contributed by atoms with van der Waals surface area (Å²) in [5, 5.41) is 3.91. The van der Waals surface area contributed by atoms with Crippen LogP contribution in [0.4, 0.5) is 0 Å². The van der Waals surface area contributed by atoms with Crippen molar-refractivity contribution in [1.82, 2.24) is 5.43 Å². The van der Waals surface area contributed by atoms with Crippen molar-refractivity contribution in [1.29, 1.82) is 0 Å². The van der Waals surface area contributed by atoms with Gasteiger partial charge < -0.3 is 13.7 Å². The smallest absolute Gasteiger partial charge is 0.339 e. The van der Waals surface area contributed by atoms with Gasteiger partial charge in [0, 0.05) is 5.56 Å². The molecule has 0 heterocycles. The number of hydrogen-bond donors (Lipinski definition) is 1. The molecule has 166 valence electrons. The number of nitrogens with one attached hydrogen (secondary N) is 1. The molecule has 0 atom stereocenters. The zero-order valence-corrected chi connectivity index (χ0v) is 18.3. The zero-order valence-electron chi connectivity index (χ0n) is 17.5. The first-order chi connectivity index (χ1) is 15.4. The number of carbonyl (C=O) groups excluding carboxylic acids is 1. The van der Waals surface area contributed by atoms with Gasteiger partial charge in [0.25, 0.3) is 0 Å². The normalized spacial score (nSPS) is 11.2. The highest BCUT2D eigenvalue weighted by molar-refractivity contribution is 7.87. The van der Waals surface area contributed by atoms with E-state index in [9.17, 15) is 13.2 Å². The maximum atomic E-state index is 12.8. The van der Waals surface area contributed by atoms with Crippen molar-refractivity contribution in [2.45, 2.75) is 11.3 Å². The van der Waals surface area contributed by atoms with Gasteiger partial charge in [-0.05, 0) is 48.0 Å². The second kappa shape index (κ2) is 10.5. The maximum absolute atomic E-state index is 12.8. The summed E-state index contributed by atoms with van der Waals surface area (Å²) in [6.45, 7) is 0. The van der Waals surface area contributed by atoms with Gasteiger partial charge in [0.05, 0.1) is 26.9 Å². The Hall–Kier alpha value is -3.85. The third-order valence-electron chi connectivity index (χ3n) is 4.33. The van der Waals surface area contributed by atoms with E-state index in [1.54, 1.807) is 49.6 Å². The van der Waals surface area contributed by atoms with Crippen molar-refractivity contribution in [3.8, 4) is 17.2 Å². The third kappa shape index (κ3) is 6.08. The van der Waals surface area contributed by atoms with Crippen LogP contribution >= 0.6 is 0 Å². The fraction of sp³-hybridized carbons (Fsp3) is 0.130. The minimum Gasteiger partial charge on any atom is -0.497 e. The molecule has 0 aliphatic carbocycles. The Morgan fingerprint density at radius 1 is 0.906 bits per heavy atom. The highest BCUT2D eigenvalue weighted by Crippen LogP contribution is 2.24. The molecule has 0 saturated carbocycles. The molecule has 32 heavy (non-hydrogen) atoms. The Labute approximate surface area is 186 Å². The van der Waals surface area contributed by atoms with Crippen LogP contribution in [-0.4, -0.2) is 34.8 Å². The molecule has 1 N–H and O–H groups in total. The summed E-state index contributed by atoms with van der Waals surface area (Å²) in [6, 6.07) is 19.6. The number of amides is 1. The minimum atomic E-state index is -4.15. The van der Waals surface area contributed by atoms with E-state index in [0.29, 0.717) is 11.5 Å². The Bertz CT molecular complexity index is 1210. The molecule has 3 aromatic carbocycles. The van der Waals surface area contributed by atoms with Crippen LogP contribution in [0.3, 0.4) is 0 Å². The molecule has 9 heteroatoms. The summed E-state index contributed by atoms with van der Waals surface area (Å²) in [5.74, 6) is 0.872.